The van der Waals surface area contributed by atoms with Crippen LogP contribution in [0.25, 0.3) is 0 Å². The zero-order valence-corrected chi connectivity index (χ0v) is 12.9. The number of benzene rings is 1. The molecule has 0 saturated heterocycles. The Morgan fingerprint density at radius 2 is 1.96 bits per heavy atom. The zero-order valence-electron chi connectivity index (χ0n) is 12.9. The summed E-state index contributed by atoms with van der Waals surface area (Å²) in [4.78, 5) is 22.8. The SMILES string of the molecule is O=C1c2oc(COc3ccccc3)nc2CCN1c1ccccn1. The Kier molecular flexibility index (Phi) is 3.70. The lowest BCUT2D eigenvalue weighted by atomic mass is 10.1. The van der Waals surface area contributed by atoms with Gasteiger partial charge in [-0.2, -0.15) is 0 Å². The maximum Gasteiger partial charge on any atom is 0.297 e. The quantitative estimate of drug-likeness (QED) is 0.739. The number of carbonyl (C=O) groups is 1. The molecule has 6 heteroatoms. The molecule has 4 rings (SSSR count). The highest BCUT2D eigenvalue weighted by molar-refractivity contribution is 6.05. The fourth-order valence-corrected chi connectivity index (χ4v) is 2.63. The minimum atomic E-state index is -0.214. The number of nitrogens with zero attached hydrogens (tertiary/aromatic N) is 3. The number of pyridine rings is 1. The predicted molar refractivity (Wildman–Crippen MR) is 86.9 cm³/mol. The van der Waals surface area contributed by atoms with Gasteiger partial charge < -0.3 is 9.15 Å². The van der Waals surface area contributed by atoms with E-state index in [1.54, 1.807) is 17.2 Å². The van der Waals surface area contributed by atoms with Gasteiger partial charge in [0.05, 0.1) is 5.69 Å². The molecule has 0 aliphatic carbocycles. The molecule has 1 aliphatic rings. The lowest BCUT2D eigenvalue weighted by molar-refractivity contribution is 0.0947. The molecule has 0 unspecified atom stereocenters. The van der Waals surface area contributed by atoms with E-state index < -0.39 is 0 Å². The summed E-state index contributed by atoms with van der Waals surface area (Å²) < 4.78 is 11.3. The molecule has 120 valence electrons. The van der Waals surface area contributed by atoms with E-state index >= 15 is 0 Å². The highest BCUT2D eigenvalue weighted by atomic mass is 16.5. The molecule has 1 aliphatic heterocycles. The summed E-state index contributed by atoms with van der Waals surface area (Å²) in [5.41, 5.74) is 0.679. The standard InChI is InChI=1S/C18H15N3O3/c22-18-17-14(9-11-21(18)15-8-4-5-10-19-15)20-16(24-17)12-23-13-6-2-1-3-7-13/h1-8,10H,9,11-12H2. The zero-order chi connectivity index (χ0) is 16.4. The number of fused-ring (bicyclic) bond motifs is 1. The Bertz CT molecular complexity index is 846. The number of carbonyl (C=O) groups excluding carboxylic acids is 1. The molecule has 1 aromatic carbocycles. The third kappa shape index (κ3) is 2.74. The number of amides is 1. The minimum absolute atomic E-state index is 0.188. The van der Waals surface area contributed by atoms with E-state index in [1.807, 2.05) is 42.5 Å². The predicted octanol–water partition coefficient (Wildman–Crippen LogP) is 2.85. The smallest absolute Gasteiger partial charge is 0.297 e. The van der Waals surface area contributed by atoms with E-state index in [-0.39, 0.29) is 18.3 Å². The van der Waals surface area contributed by atoms with Crippen molar-refractivity contribution in [2.45, 2.75) is 13.0 Å². The number of aromatic nitrogens is 2. The molecule has 3 heterocycles. The van der Waals surface area contributed by atoms with Gasteiger partial charge in [0, 0.05) is 19.2 Å². The maximum absolute atomic E-state index is 12.6. The first-order valence-corrected chi connectivity index (χ1v) is 7.70. The fraction of sp³-hybridized carbons (Fsp3) is 0.167. The second kappa shape index (κ2) is 6.16. The summed E-state index contributed by atoms with van der Waals surface area (Å²) in [6.07, 6.45) is 2.30. The van der Waals surface area contributed by atoms with Crippen molar-refractivity contribution in [1.82, 2.24) is 9.97 Å². The van der Waals surface area contributed by atoms with Crippen LogP contribution in [0.3, 0.4) is 0 Å². The number of anilines is 1. The average molecular weight is 321 g/mol. The van der Waals surface area contributed by atoms with E-state index in [0.29, 0.717) is 30.4 Å². The molecular formula is C18H15N3O3. The Balaban J connectivity index is 1.52. The van der Waals surface area contributed by atoms with E-state index in [0.717, 1.165) is 5.75 Å². The van der Waals surface area contributed by atoms with Gasteiger partial charge in [-0.1, -0.05) is 24.3 Å². The van der Waals surface area contributed by atoms with E-state index in [9.17, 15) is 4.79 Å². The monoisotopic (exact) mass is 321 g/mol. The van der Waals surface area contributed by atoms with Crippen molar-refractivity contribution in [2.24, 2.45) is 0 Å². The van der Waals surface area contributed by atoms with Gasteiger partial charge >= 0.3 is 0 Å². The molecule has 0 fully saturated rings. The minimum Gasteiger partial charge on any atom is -0.484 e. The summed E-state index contributed by atoms with van der Waals surface area (Å²) in [7, 11) is 0. The first-order chi connectivity index (χ1) is 11.8. The van der Waals surface area contributed by atoms with Crippen LogP contribution in [0.4, 0.5) is 5.82 Å². The van der Waals surface area contributed by atoms with Crippen LogP contribution < -0.4 is 9.64 Å². The summed E-state index contributed by atoms with van der Waals surface area (Å²) in [5, 5.41) is 0. The van der Waals surface area contributed by atoms with Crippen LogP contribution in [0.1, 0.15) is 22.1 Å². The number of rotatable bonds is 4. The lowest BCUT2D eigenvalue weighted by Gasteiger charge is -2.23. The molecule has 6 nitrogen and oxygen atoms in total. The highest BCUT2D eigenvalue weighted by Gasteiger charge is 2.31. The van der Waals surface area contributed by atoms with E-state index in [2.05, 4.69) is 9.97 Å². The van der Waals surface area contributed by atoms with Gasteiger partial charge in [0.1, 0.15) is 11.6 Å². The second-order valence-electron chi connectivity index (χ2n) is 5.38. The van der Waals surface area contributed by atoms with Crippen LogP contribution in [-0.2, 0) is 13.0 Å². The van der Waals surface area contributed by atoms with Crippen molar-refractivity contribution < 1.29 is 13.9 Å². The van der Waals surface area contributed by atoms with Crippen LogP contribution in [0.5, 0.6) is 5.75 Å². The van der Waals surface area contributed by atoms with Crippen molar-refractivity contribution >= 4 is 11.7 Å². The molecule has 0 N–H and O–H groups in total. The average Bonchev–Trinajstić information content (AvgIpc) is 3.06. The van der Waals surface area contributed by atoms with Crippen LogP contribution in [0.15, 0.2) is 59.1 Å². The molecule has 0 atom stereocenters. The lowest BCUT2D eigenvalue weighted by Crippen LogP contribution is -2.37. The van der Waals surface area contributed by atoms with Gasteiger partial charge in [-0.25, -0.2) is 9.97 Å². The van der Waals surface area contributed by atoms with Crippen LogP contribution >= 0.6 is 0 Å². The number of hydrogen-bond acceptors (Lipinski definition) is 5. The molecule has 2 aromatic heterocycles. The molecule has 0 saturated carbocycles. The Morgan fingerprint density at radius 1 is 1.12 bits per heavy atom. The van der Waals surface area contributed by atoms with E-state index in [1.165, 1.54) is 0 Å². The van der Waals surface area contributed by atoms with Gasteiger partial charge in [0.2, 0.25) is 11.7 Å². The van der Waals surface area contributed by atoms with Crippen molar-refractivity contribution in [3.63, 3.8) is 0 Å². The number of para-hydroxylation sites is 1. The van der Waals surface area contributed by atoms with Gasteiger partial charge in [0.25, 0.3) is 5.91 Å². The normalized spacial score (nSPS) is 13.7. The Labute approximate surface area is 138 Å². The summed E-state index contributed by atoms with van der Waals surface area (Å²) in [6.45, 7) is 0.724. The summed E-state index contributed by atoms with van der Waals surface area (Å²) in [5.74, 6) is 1.81. The molecule has 3 aromatic rings. The number of ether oxygens (including phenoxy) is 1. The summed E-state index contributed by atoms with van der Waals surface area (Å²) >= 11 is 0. The first kappa shape index (κ1) is 14.4. The number of hydrogen-bond donors (Lipinski definition) is 0. The molecular weight excluding hydrogens is 306 g/mol. The Morgan fingerprint density at radius 3 is 2.75 bits per heavy atom. The van der Waals surface area contributed by atoms with Crippen molar-refractivity contribution in [3.05, 3.63) is 72.1 Å². The van der Waals surface area contributed by atoms with Gasteiger partial charge in [-0.15, -0.1) is 0 Å². The number of oxazole rings is 1. The van der Waals surface area contributed by atoms with Crippen molar-refractivity contribution in [1.29, 1.82) is 0 Å². The van der Waals surface area contributed by atoms with Crippen LogP contribution in [0, 0.1) is 0 Å². The van der Waals surface area contributed by atoms with Gasteiger partial charge in [-0.05, 0) is 24.3 Å². The highest BCUT2D eigenvalue weighted by Crippen LogP contribution is 2.24. The molecule has 0 spiro atoms. The molecule has 0 radical (unpaired) electrons. The van der Waals surface area contributed by atoms with Crippen LogP contribution in [-0.4, -0.2) is 22.4 Å². The Hall–Kier alpha value is -3.15. The molecule has 0 bridgehead atoms. The first-order valence-electron chi connectivity index (χ1n) is 7.70. The molecule has 1 amide bonds. The third-order valence-corrected chi connectivity index (χ3v) is 3.78. The van der Waals surface area contributed by atoms with Crippen molar-refractivity contribution in [3.8, 4) is 5.75 Å². The topological polar surface area (TPSA) is 68.5 Å². The largest absolute Gasteiger partial charge is 0.484 e. The van der Waals surface area contributed by atoms with Gasteiger partial charge in [-0.3, -0.25) is 9.69 Å². The maximum atomic E-state index is 12.6. The molecule has 24 heavy (non-hydrogen) atoms. The summed E-state index contributed by atoms with van der Waals surface area (Å²) in [6, 6.07) is 14.9. The van der Waals surface area contributed by atoms with Gasteiger partial charge in [0.15, 0.2) is 6.61 Å². The third-order valence-electron chi connectivity index (χ3n) is 3.78. The van der Waals surface area contributed by atoms with Crippen LogP contribution in [0.2, 0.25) is 0 Å². The fourth-order valence-electron chi connectivity index (χ4n) is 2.63. The second-order valence-corrected chi connectivity index (χ2v) is 5.38. The van der Waals surface area contributed by atoms with E-state index in [4.69, 9.17) is 9.15 Å². The van der Waals surface area contributed by atoms with Crippen molar-refractivity contribution in [2.75, 3.05) is 11.4 Å².